The summed E-state index contributed by atoms with van der Waals surface area (Å²) < 4.78 is 31.2. The maximum atomic E-state index is 12.1. The van der Waals surface area contributed by atoms with E-state index in [-0.39, 0.29) is 5.75 Å². The molecule has 1 N–H and O–H groups in total. The zero-order valence-corrected chi connectivity index (χ0v) is 23.8. The normalized spacial score (nSPS) is 12.4. The van der Waals surface area contributed by atoms with Crippen LogP contribution in [0.1, 0.15) is 142 Å². The summed E-state index contributed by atoms with van der Waals surface area (Å²) in [6.07, 6.45) is 24.9. The van der Waals surface area contributed by atoms with E-state index in [1.165, 1.54) is 89.9 Å². The monoisotopic (exact) mass is 504 g/mol. The lowest BCUT2D eigenvalue weighted by Crippen LogP contribution is -2.41. The van der Waals surface area contributed by atoms with E-state index in [1.54, 1.807) is 0 Å². The van der Waals surface area contributed by atoms with Crippen molar-refractivity contribution >= 4 is 15.9 Å². The minimum absolute atomic E-state index is 0.152. The van der Waals surface area contributed by atoms with Crippen molar-refractivity contribution in [2.75, 3.05) is 32.9 Å². The topological polar surface area (TPSA) is 71.4 Å². The zero-order chi connectivity index (χ0) is 25.5. The fourth-order valence-electron chi connectivity index (χ4n) is 4.62. The van der Waals surface area contributed by atoms with E-state index < -0.39 is 10.1 Å². The Balaban J connectivity index is 3.42. The smallest absolute Gasteiger partial charge is 0.264 e. The predicted octanol–water partition coefficient (Wildman–Crippen LogP) is 7.73. The molecule has 6 heteroatoms. The zero-order valence-electron chi connectivity index (χ0n) is 23.0. The highest BCUT2D eigenvalue weighted by Gasteiger charge is 2.15. The van der Waals surface area contributed by atoms with E-state index >= 15 is 0 Å². The molecule has 0 heterocycles. The lowest BCUT2D eigenvalue weighted by Gasteiger charge is -2.29. The van der Waals surface area contributed by atoms with Gasteiger partial charge in [0.2, 0.25) is 0 Å². The van der Waals surface area contributed by atoms with Crippen molar-refractivity contribution in [2.24, 2.45) is 0 Å². The molecule has 5 nitrogen and oxygen atoms in total. The van der Waals surface area contributed by atoms with E-state index in [0.29, 0.717) is 18.6 Å². The van der Waals surface area contributed by atoms with Gasteiger partial charge in [-0.3, -0.25) is 9.35 Å². The van der Waals surface area contributed by atoms with Gasteiger partial charge in [0.05, 0.1) is 32.9 Å². The standard InChI is InChI=1S/C28H57NO4S/c1-4-5-6-7-8-9-10-11-12-13-14-15-16-17-18-23-28(30)24-19-20-25-29(2,3)26-21-22-27-34(31,32)33/h4-27H2,1-3H3/p+1. The fraction of sp³-hybridized carbons (Fsp3) is 0.964. The van der Waals surface area contributed by atoms with Crippen molar-refractivity contribution in [3.05, 3.63) is 0 Å². The molecule has 0 bridgehead atoms. The van der Waals surface area contributed by atoms with Gasteiger partial charge in [0.1, 0.15) is 5.78 Å². The van der Waals surface area contributed by atoms with Crippen LogP contribution >= 0.6 is 0 Å². The Morgan fingerprint density at radius 2 is 0.941 bits per heavy atom. The summed E-state index contributed by atoms with van der Waals surface area (Å²) >= 11 is 0. The van der Waals surface area contributed by atoms with Gasteiger partial charge in [-0.25, -0.2) is 0 Å². The van der Waals surface area contributed by atoms with Crippen LogP contribution in [-0.2, 0) is 14.9 Å². The molecule has 0 amide bonds. The molecule has 0 aliphatic carbocycles. The molecule has 204 valence electrons. The third kappa shape index (κ3) is 26.2. The lowest BCUT2D eigenvalue weighted by molar-refractivity contribution is -0.890. The molecule has 0 unspecified atom stereocenters. The van der Waals surface area contributed by atoms with Crippen LogP contribution in [0.2, 0.25) is 0 Å². The van der Waals surface area contributed by atoms with Crippen LogP contribution in [0.25, 0.3) is 0 Å². The minimum atomic E-state index is -3.84. The Morgan fingerprint density at radius 3 is 1.35 bits per heavy atom. The van der Waals surface area contributed by atoms with Gasteiger partial charge in [-0.05, 0) is 32.1 Å². The van der Waals surface area contributed by atoms with Crippen LogP contribution < -0.4 is 0 Å². The number of nitrogens with zero attached hydrogens (tertiary/aromatic N) is 1. The first-order valence-corrected chi connectivity index (χ1v) is 16.1. The summed E-state index contributed by atoms with van der Waals surface area (Å²) in [5.41, 5.74) is 0. The predicted molar refractivity (Wildman–Crippen MR) is 146 cm³/mol. The fourth-order valence-corrected chi connectivity index (χ4v) is 5.19. The third-order valence-electron chi connectivity index (χ3n) is 6.94. The first kappa shape index (κ1) is 33.5. The summed E-state index contributed by atoms with van der Waals surface area (Å²) in [6.45, 7) is 4.16. The van der Waals surface area contributed by atoms with Crippen molar-refractivity contribution in [3.63, 3.8) is 0 Å². The highest BCUT2D eigenvalue weighted by molar-refractivity contribution is 7.85. The van der Waals surface area contributed by atoms with Crippen LogP contribution in [0.4, 0.5) is 0 Å². The van der Waals surface area contributed by atoms with E-state index in [2.05, 4.69) is 21.0 Å². The molecule has 34 heavy (non-hydrogen) atoms. The minimum Gasteiger partial charge on any atom is -0.328 e. The molecule has 0 fully saturated rings. The summed E-state index contributed by atoms with van der Waals surface area (Å²) in [7, 11) is 0.447. The summed E-state index contributed by atoms with van der Waals surface area (Å²) in [6, 6.07) is 0. The molecule has 0 spiro atoms. The second kappa shape index (κ2) is 21.8. The number of ketones is 1. The molecule has 0 aromatic heterocycles. The van der Waals surface area contributed by atoms with Gasteiger partial charge in [0.15, 0.2) is 0 Å². The van der Waals surface area contributed by atoms with Gasteiger partial charge >= 0.3 is 0 Å². The number of unbranched alkanes of at least 4 members (excludes halogenated alkanes) is 16. The van der Waals surface area contributed by atoms with Gasteiger partial charge in [0.25, 0.3) is 10.1 Å². The third-order valence-corrected chi connectivity index (χ3v) is 7.75. The Hall–Kier alpha value is -0.460. The highest BCUT2D eigenvalue weighted by atomic mass is 32.2. The number of rotatable bonds is 26. The van der Waals surface area contributed by atoms with Crippen LogP contribution in [-0.4, -0.2) is 56.2 Å². The molecule has 0 aliphatic rings. The quantitative estimate of drug-likeness (QED) is 0.0743. The number of carbonyl (C=O) groups excluding carboxylic acids is 1. The molecule has 0 aromatic rings. The summed E-state index contributed by atoms with van der Waals surface area (Å²) in [5, 5.41) is 0. The van der Waals surface area contributed by atoms with Crippen molar-refractivity contribution in [1.82, 2.24) is 0 Å². The van der Waals surface area contributed by atoms with E-state index in [4.69, 9.17) is 4.55 Å². The molecular formula is C28H58NO4S+. The molecule has 0 rings (SSSR count). The maximum Gasteiger partial charge on any atom is 0.264 e. The van der Waals surface area contributed by atoms with Gasteiger partial charge < -0.3 is 4.48 Å². The number of hydrogen-bond donors (Lipinski definition) is 1. The lowest BCUT2D eigenvalue weighted by atomic mass is 10.0. The molecule has 0 aromatic carbocycles. The largest absolute Gasteiger partial charge is 0.328 e. The molecule has 0 saturated carbocycles. The van der Waals surface area contributed by atoms with Crippen molar-refractivity contribution in [3.8, 4) is 0 Å². The number of Topliss-reactive ketones (excluding diaryl/α,β-unsaturated/α-hetero) is 1. The highest BCUT2D eigenvalue weighted by Crippen LogP contribution is 2.14. The molecule has 0 radical (unpaired) electrons. The maximum absolute atomic E-state index is 12.1. The average Bonchev–Trinajstić information content (AvgIpc) is 2.76. The first-order chi connectivity index (χ1) is 16.2. The Bertz CT molecular complexity index is 575. The van der Waals surface area contributed by atoms with E-state index in [9.17, 15) is 13.2 Å². The van der Waals surface area contributed by atoms with Gasteiger partial charge in [-0.15, -0.1) is 0 Å². The Morgan fingerprint density at radius 1 is 0.588 bits per heavy atom. The number of quaternary nitrogens is 1. The first-order valence-electron chi connectivity index (χ1n) is 14.4. The SMILES string of the molecule is CCCCCCCCCCCCCCCCCC(=O)CCCC[N+](C)(C)CCCCS(=O)(=O)O. The van der Waals surface area contributed by atoms with Gasteiger partial charge in [-0.1, -0.05) is 96.8 Å². The average molecular weight is 505 g/mol. The second-order valence-electron chi connectivity index (χ2n) is 11.1. The molecule has 0 saturated heterocycles. The Kier molecular flexibility index (Phi) is 21.5. The van der Waals surface area contributed by atoms with Crippen molar-refractivity contribution in [1.29, 1.82) is 0 Å². The van der Waals surface area contributed by atoms with Crippen molar-refractivity contribution < 1.29 is 22.2 Å². The molecule has 0 aliphatic heterocycles. The Labute approximate surface area is 212 Å². The molecule has 0 atom stereocenters. The summed E-state index contributed by atoms with van der Waals surface area (Å²) in [5.74, 6) is 0.258. The second-order valence-corrected chi connectivity index (χ2v) is 12.6. The van der Waals surface area contributed by atoms with E-state index in [0.717, 1.165) is 49.7 Å². The van der Waals surface area contributed by atoms with Crippen LogP contribution in [0, 0.1) is 0 Å². The van der Waals surface area contributed by atoms with E-state index in [1.807, 2.05) is 0 Å². The van der Waals surface area contributed by atoms with Crippen molar-refractivity contribution in [2.45, 2.75) is 142 Å². The number of carbonyl (C=O) groups is 1. The van der Waals surface area contributed by atoms with Crippen LogP contribution in [0.3, 0.4) is 0 Å². The van der Waals surface area contributed by atoms with Gasteiger partial charge in [-0.2, -0.15) is 8.42 Å². The van der Waals surface area contributed by atoms with Gasteiger partial charge in [0, 0.05) is 12.8 Å². The molecular weight excluding hydrogens is 446 g/mol. The summed E-state index contributed by atoms with van der Waals surface area (Å²) in [4.78, 5) is 12.1. The van der Waals surface area contributed by atoms with Crippen LogP contribution in [0.15, 0.2) is 0 Å². The number of hydrogen-bond acceptors (Lipinski definition) is 3. The van der Waals surface area contributed by atoms with Crippen LogP contribution in [0.5, 0.6) is 0 Å².